The van der Waals surface area contributed by atoms with Crippen LogP contribution in [-0.4, -0.2) is 22.8 Å². The van der Waals surface area contributed by atoms with Gasteiger partial charge >= 0.3 is 0 Å². The Morgan fingerprint density at radius 2 is 1.82 bits per heavy atom. The predicted molar refractivity (Wildman–Crippen MR) is 78.1 cm³/mol. The minimum absolute atomic E-state index is 0.241. The lowest BCUT2D eigenvalue weighted by Crippen LogP contribution is -2.23. The molecule has 0 amide bonds. The minimum atomic E-state index is 0.241. The highest BCUT2D eigenvalue weighted by molar-refractivity contribution is 8.00. The largest absolute Gasteiger partial charge is 0.357 e. The Morgan fingerprint density at radius 1 is 1.24 bits per heavy atom. The average Bonchev–Trinajstić information content (AvgIpc) is 2.20. The van der Waals surface area contributed by atoms with Crippen molar-refractivity contribution in [2.75, 3.05) is 18.0 Å². The standard InChI is InChI=1S/C14H24N2S/c1-7-16(8-2)13-11(3)9-12(10-15-13)17-14(4,5)6/h9-10H,7-8H2,1-6H3. The highest BCUT2D eigenvalue weighted by atomic mass is 32.2. The van der Waals surface area contributed by atoms with Gasteiger partial charge in [0.2, 0.25) is 0 Å². The summed E-state index contributed by atoms with van der Waals surface area (Å²) in [6.07, 6.45) is 2.00. The van der Waals surface area contributed by atoms with Crippen molar-refractivity contribution in [3.8, 4) is 0 Å². The zero-order valence-corrected chi connectivity index (χ0v) is 12.7. The second kappa shape index (κ2) is 5.76. The van der Waals surface area contributed by atoms with E-state index in [-0.39, 0.29) is 4.75 Å². The van der Waals surface area contributed by atoms with Crippen LogP contribution < -0.4 is 4.90 Å². The van der Waals surface area contributed by atoms with E-state index in [4.69, 9.17) is 0 Å². The first kappa shape index (κ1) is 14.4. The van der Waals surface area contributed by atoms with E-state index in [1.54, 1.807) is 0 Å². The van der Waals surface area contributed by atoms with Crippen molar-refractivity contribution < 1.29 is 0 Å². The van der Waals surface area contributed by atoms with Gasteiger partial charge in [0.15, 0.2) is 0 Å². The van der Waals surface area contributed by atoms with Gasteiger partial charge in [0, 0.05) is 28.9 Å². The molecule has 0 aliphatic heterocycles. The number of nitrogens with zero attached hydrogens (tertiary/aromatic N) is 2. The fraction of sp³-hybridized carbons (Fsp3) is 0.643. The van der Waals surface area contributed by atoms with Crippen LogP contribution in [-0.2, 0) is 0 Å². The second-order valence-corrected chi connectivity index (χ2v) is 7.10. The molecular weight excluding hydrogens is 228 g/mol. The summed E-state index contributed by atoms with van der Waals surface area (Å²) in [7, 11) is 0. The first-order valence-electron chi connectivity index (χ1n) is 6.28. The van der Waals surface area contributed by atoms with Crippen molar-refractivity contribution in [3.63, 3.8) is 0 Å². The molecule has 0 spiro atoms. The first-order chi connectivity index (χ1) is 7.87. The van der Waals surface area contributed by atoms with E-state index in [2.05, 4.69) is 57.5 Å². The Labute approximate surface area is 110 Å². The molecule has 1 aromatic heterocycles. The lowest BCUT2D eigenvalue weighted by molar-refractivity contribution is 0.801. The van der Waals surface area contributed by atoms with Gasteiger partial charge in [-0.15, -0.1) is 11.8 Å². The Bertz CT molecular complexity index is 365. The molecule has 1 rings (SSSR count). The fourth-order valence-electron chi connectivity index (χ4n) is 1.81. The van der Waals surface area contributed by atoms with Crippen molar-refractivity contribution >= 4 is 17.6 Å². The summed E-state index contributed by atoms with van der Waals surface area (Å²) < 4.78 is 0.241. The summed E-state index contributed by atoms with van der Waals surface area (Å²) >= 11 is 1.87. The van der Waals surface area contributed by atoms with Crippen LogP contribution >= 0.6 is 11.8 Å². The van der Waals surface area contributed by atoms with Gasteiger partial charge in [0.05, 0.1) is 0 Å². The molecular formula is C14H24N2S. The molecule has 0 aliphatic carbocycles. The van der Waals surface area contributed by atoms with Crippen LogP contribution in [0.2, 0.25) is 0 Å². The number of aryl methyl sites for hydroxylation is 1. The molecule has 0 aliphatic rings. The quantitative estimate of drug-likeness (QED) is 0.750. The summed E-state index contributed by atoms with van der Waals surface area (Å²) in [5, 5.41) is 0. The molecule has 1 aromatic rings. The van der Waals surface area contributed by atoms with E-state index >= 15 is 0 Å². The second-order valence-electron chi connectivity index (χ2n) is 5.20. The first-order valence-corrected chi connectivity index (χ1v) is 7.09. The maximum atomic E-state index is 4.61. The van der Waals surface area contributed by atoms with E-state index in [1.807, 2.05) is 18.0 Å². The molecule has 0 bridgehead atoms. The van der Waals surface area contributed by atoms with Crippen molar-refractivity contribution in [1.29, 1.82) is 0 Å². The topological polar surface area (TPSA) is 16.1 Å². The number of thioether (sulfide) groups is 1. The molecule has 0 aromatic carbocycles. The molecule has 2 nitrogen and oxygen atoms in total. The molecule has 0 radical (unpaired) electrons. The van der Waals surface area contributed by atoms with Crippen LogP contribution in [0.15, 0.2) is 17.2 Å². The molecule has 0 saturated carbocycles. The Hall–Kier alpha value is -0.700. The minimum Gasteiger partial charge on any atom is -0.357 e. The summed E-state index contributed by atoms with van der Waals surface area (Å²) in [6.45, 7) is 15.2. The van der Waals surface area contributed by atoms with E-state index in [1.165, 1.54) is 10.5 Å². The number of hydrogen-bond donors (Lipinski definition) is 0. The average molecular weight is 252 g/mol. The third kappa shape index (κ3) is 4.23. The van der Waals surface area contributed by atoms with Gasteiger partial charge in [-0.1, -0.05) is 20.8 Å². The Morgan fingerprint density at radius 3 is 2.24 bits per heavy atom. The maximum absolute atomic E-state index is 4.61. The van der Waals surface area contributed by atoms with Gasteiger partial charge in [-0.05, 0) is 32.4 Å². The summed E-state index contributed by atoms with van der Waals surface area (Å²) in [5.41, 5.74) is 1.27. The number of hydrogen-bond acceptors (Lipinski definition) is 3. The van der Waals surface area contributed by atoms with Crippen LogP contribution in [0.25, 0.3) is 0 Å². The van der Waals surface area contributed by atoms with Crippen molar-refractivity contribution in [2.45, 2.75) is 51.2 Å². The molecule has 0 saturated heterocycles. The predicted octanol–water partition coefficient (Wildman–Crippen LogP) is 4.13. The lowest BCUT2D eigenvalue weighted by Gasteiger charge is -2.23. The normalized spacial score (nSPS) is 11.6. The van der Waals surface area contributed by atoms with Crippen LogP contribution in [0.3, 0.4) is 0 Å². The Kier molecular flexibility index (Phi) is 4.87. The molecule has 1 heterocycles. The molecule has 3 heteroatoms. The molecule has 0 fully saturated rings. The maximum Gasteiger partial charge on any atom is 0.131 e. The molecule has 0 atom stereocenters. The smallest absolute Gasteiger partial charge is 0.131 e. The lowest BCUT2D eigenvalue weighted by atomic mass is 10.2. The zero-order chi connectivity index (χ0) is 13.1. The number of aromatic nitrogens is 1. The van der Waals surface area contributed by atoms with E-state index in [0.717, 1.165) is 18.9 Å². The monoisotopic (exact) mass is 252 g/mol. The Balaban J connectivity index is 2.93. The summed E-state index contributed by atoms with van der Waals surface area (Å²) in [6, 6.07) is 2.25. The number of pyridine rings is 1. The van der Waals surface area contributed by atoms with Gasteiger partial charge in [0.1, 0.15) is 5.82 Å². The highest BCUT2D eigenvalue weighted by Crippen LogP contribution is 2.33. The van der Waals surface area contributed by atoms with E-state index in [0.29, 0.717) is 0 Å². The third-order valence-electron chi connectivity index (χ3n) is 2.51. The van der Waals surface area contributed by atoms with Crippen molar-refractivity contribution in [1.82, 2.24) is 4.98 Å². The molecule has 96 valence electrons. The van der Waals surface area contributed by atoms with E-state index < -0.39 is 0 Å². The number of anilines is 1. The van der Waals surface area contributed by atoms with Gasteiger partial charge in [-0.2, -0.15) is 0 Å². The van der Waals surface area contributed by atoms with Crippen LogP contribution in [0.4, 0.5) is 5.82 Å². The van der Waals surface area contributed by atoms with Gasteiger partial charge in [0.25, 0.3) is 0 Å². The fourth-order valence-corrected chi connectivity index (χ4v) is 2.85. The van der Waals surface area contributed by atoms with Gasteiger partial charge in [-0.25, -0.2) is 4.98 Å². The van der Waals surface area contributed by atoms with Crippen molar-refractivity contribution in [3.05, 3.63) is 17.8 Å². The van der Waals surface area contributed by atoms with Gasteiger partial charge < -0.3 is 4.90 Å². The molecule has 0 unspecified atom stereocenters. The molecule has 17 heavy (non-hydrogen) atoms. The van der Waals surface area contributed by atoms with Gasteiger partial charge in [-0.3, -0.25) is 0 Å². The van der Waals surface area contributed by atoms with E-state index in [9.17, 15) is 0 Å². The third-order valence-corrected chi connectivity index (χ3v) is 3.58. The van der Waals surface area contributed by atoms with Crippen LogP contribution in [0, 0.1) is 6.92 Å². The van der Waals surface area contributed by atoms with Crippen LogP contribution in [0.5, 0.6) is 0 Å². The van der Waals surface area contributed by atoms with Crippen LogP contribution in [0.1, 0.15) is 40.2 Å². The van der Waals surface area contributed by atoms with Crippen molar-refractivity contribution in [2.24, 2.45) is 0 Å². The summed E-state index contributed by atoms with van der Waals surface area (Å²) in [5.74, 6) is 1.12. The summed E-state index contributed by atoms with van der Waals surface area (Å²) in [4.78, 5) is 8.16. The number of rotatable bonds is 4. The zero-order valence-electron chi connectivity index (χ0n) is 11.9. The highest BCUT2D eigenvalue weighted by Gasteiger charge is 2.14. The molecule has 0 N–H and O–H groups in total. The SMILES string of the molecule is CCN(CC)c1ncc(SC(C)(C)C)cc1C.